The number of ether oxygens (including phenoxy) is 1. The Balaban J connectivity index is 2.80. The van der Waals surface area contributed by atoms with Crippen LogP contribution in [0.2, 0.25) is 0 Å². The van der Waals surface area contributed by atoms with Gasteiger partial charge in [0.15, 0.2) is 0 Å². The summed E-state index contributed by atoms with van der Waals surface area (Å²) in [6.45, 7) is 3.56. The summed E-state index contributed by atoms with van der Waals surface area (Å²) >= 11 is 0. The topological polar surface area (TPSA) is 64.3 Å². The first kappa shape index (κ1) is 12.5. The molecule has 4 nitrogen and oxygen atoms in total. The highest BCUT2D eigenvalue weighted by Gasteiger charge is 2.15. The van der Waals surface area contributed by atoms with Crippen LogP contribution in [-0.4, -0.2) is 19.1 Å². The highest BCUT2D eigenvalue weighted by Crippen LogP contribution is 2.24. The standard InChI is InChI=1S/C12H18N2O2/c1-8(13)12(15)14-9(2)10-6-4-5-7-11(10)16-3/h4-9H,13H2,1-3H3,(H,14,15)/t8-,9+/m0/s1. The van der Waals surface area contributed by atoms with Crippen LogP contribution < -0.4 is 15.8 Å². The van der Waals surface area contributed by atoms with Crippen LogP contribution in [0, 0.1) is 0 Å². The van der Waals surface area contributed by atoms with Gasteiger partial charge in [0.05, 0.1) is 19.2 Å². The van der Waals surface area contributed by atoms with Gasteiger partial charge in [-0.05, 0) is 19.9 Å². The third-order valence-electron chi connectivity index (χ3n) is 2.38. The number of carbonyl (C=O) groups is 1. The summed E-state index contributed by atoms with van der Waals surface area (Å²) in [7, 11) is 1.61. The lowest BCUT2D eigenvalue weighted by Gasteiger charge is -2.18. The summed E-state index contributed by atoms with van der Waals surface area (Å²) in [5.41, 5.74) is 6.43. The molecule has 0 spiro atoms. The monoisotopic (exact) mass is 222 g/mol. The van der Waals surface area contributed by atoms with Crippen LogP contribution in [0.3, 0.4) is 0 Å². The highest BCUT2D eigenvalue weighted by molar-refractivity contribution is 5.81. The van der Waals surface area contributed by atoms with E-state index < -0.39 is 6.04 Å². The predicted molar refractivity (Wildman–Crippen MR) is 63.2 cm³/mol. The second-order valence-electron chi connectivity index (χ2n) is 3.76. The van der Waals surface area contributed by atoms with Gasteiger partial charge in [-0.15, -0.1) is 0 Å². The van der Waals surface area contributed by atoms with Gasteiger partial charge in [0.1, 0.15) is 5.75 Å². The van der Waals surface area contributed by atoms with Crippen molar-refractivity contribution in [3.63, 3.8) is 0 Å². The van der Waals surface area contributed by atoms with Crippen molar-refractivity contribution >= 4 is 5.91 Å². The molecule has 0 aliphatic carbocycles. The van der Waals surface area contributed by atoms with Gasteiger partial charge in [-0.1, -0.05) is 18.2 Å². The Kier molecular flexibility index (Phi) is 4.31. The SMILES string of the molecule is COc1ccccc1[C@@H](C)NC(=O)[C@H](C)N. The summed E-state index contributed by atoms with van der Waals surface area (Å²) < 4.78 is 5.23. The molecule has 0 saturated carbocycles. The first-order chi connectivity index (χ1) is 7.56. The summed E-state index contributed by atoms with van der Waals surface area (Å²) in [4.78, 5) is 11.4. The van der Waals surface area contributed by atoms with Gasteiger partial charge in [0.25, 0.3) is 0 Å². The maximum Gasteiger partial charge on any atom is 0.237 e. The fourth-order valence-corrected chi connectivity index (χ4v) is 1.45. The molecule has 16 heavy (non-hydrogen) atoms. The highest BCUT2D eigenvalue weighted by atomic mass is 16.5. The quantitative estimate of drug-likeness (QED) is 0.805. The van der Waals surface area contributed by atoms with Crippen molar-refractivity contribution in [2.45, 2.75) is 25.9 Å². The molecular weight excluding hydrogens is 204 g/mol. The molecule has 0 radical (unpaired) electrons. The van der Waals surface area contributed by atoms with Gasteiger partial charge < -0.3 is 15.8 Å². The van der Waals surface area contributed by atoms with Gasteiger partial charge in [-0.3, -0.25) is 4.79 Å². The number of benzene rings is 1. The Labute approximate surface area is 95.8 Å². The minimum Gasteiger partial charge on any atom is -0.496 e. The molecule has 88 valence electrons. The molecular formula is C12H18N2O2. The Morgan fingerprint density at radius 3 is 2.56 bits per heavy atom. The van der Waals surface area contributed by atoms with E-state index in [0.717, 1.165) is 11.3 Å². The second kappa shape index (κ2) is 5.51. The zero-order valence-corrected chi connectivity index (χ0v) is 9.86. The number of hydrogen-bond donors (Lipinski definition) is 2. The second-order valence-corrected chi connectivity index (χ2v) is 3.76. The number of methoxy groups -OCH3 is 1. The van der Waals surface area contributed by atoms with Gasteiger partial charge in [-0.25, -0.2) is 0 Å². The van der Waals surface area contributed by atoms with E-state index in [4.69, 9.17) is 10.5 Å². The van der Waals surface area contributed by atoms with E-state index in [1.54, 1.807) is 14.0 Å². The predicted octanol–water partition coefficient (Wildman–Crippen LogP) is 1.22. The van der Waals surface area contributed by atoms with Crippen LogP contribution in [-0.2, 0) is 4.79 Å². The van der Waals surface area contributed by atoms with E-state index in [1.165, 1.54) is 0 Å². The molecule has 1 aromatic carbocycles. The average Bonchev–Trinajstić information content (AvgIpc) is 2.28. The molecule has 3 N–H and O–H groups in total. The van der Waals surface area contributed by atoms with Crippen LogP contribution in [0.15, 0.2) is 24.3 Å². The van der Waals surface area contributed by atoms with Crippen LogP contribution in [0.5, 0.6) is 5.75 Å². The minimum absolute atomic E-state index is 0.116. The third kappa shape index (κ3) is 2.97. The number of carbonyl (C=O) groups excluding carboxylic acids is 1. The van der Waals surface area contributed by atoms with Crippen molar-refractivity contribution in [1.29, 1.82) is 0 Å². The molecule has 0 aliphatic heterocycles. The minimum atomic E-state index is -0.503. The van der Waals surface area contributed by atoms with Crippen LogP contribution in [0.25, 0.3) is 0 Å². The Morgan fingerprint density at radius 1 is 1.38 bits per heavy atom. The van der Waals surface area contributed by atoms with Crippen LogP contribution in [0.1, 0.15) is 25.5 Å². The first-order valence-electron chi connectivity index (χ1n) is 5.25. The van der Waals surface area contributed by atoms with Crippen molar-refractivity contribution in [3.05, 3.63) is 29.8 Å². The molecule has 4 heteroatoms. The fourth-order valence-electron chi connectivity index (χ4n) is 1.45. The van der Waals surface area contributed by atoms with Gasteiger partial charge in [-0.2, -0.15) is 0 Å². The smallest absolute Gasteiger partial charge is 0.237 e. The fraction of sp³-hybridized carbons (Fsp3) is 0.417. The van der Waals surface area contributed by atoms with Gasteiger partial charge in [0, 0.05) is 5.56 Å². The number of para-hydroxylation sites is 1. The van der Waals surface area contributed by atoms with E-state index in [-0.39, 0.29) is 11.9 Å². The molecule has 0 saturated heterocycles. The van der Waals surface area contributed by atoms with Crippen molar-refractivity contribution < 1.29 is 9.53 Å². The molecule has 1 aromatic rings. The lowest BCUT2D eigenvalue weighted by Crippen LogP contribution is -2.39. The lowest BCUT2D eigenvalue weighted by atomic mass is 10.1. The van der Waals surface area contributed by atoms with Gasteiger partial charge >= 0.3 is 0 Å². The van der Waals surface area contributed by atoms with E-state index >= 15 is 0 Å². The largest absolute Gasteiger partial charge is 0.496 e. The number of amides is 1. The molecule has 0 heterocycles. The molecule has 0 aliphatic rings. The average molecular weight is 222 g/mol. The first-order valence-corrected chi connectivity index (χ1v) is 5.25. The summed E-state index contributed by atoms with van der Waals surface area (Å²) in [6.07, 6.45) is 0. The molecule has 0 unspecified atom stereocenters. The number of hydrogen-bond acceptors (Lipinski definition) is 3. The summed E-state index contributed by atoms with van der Waals surface area (Å²) in [5, 5.41) is 2.83. The third-order valence-corrected chi connectivity index (χ3v) is 2.38. The van der Waals surface area contributed by atoms with Crippen LogP contribution in [0.4, 0.5) is 0 Å². The Bertz CT molecular complexity index is 364. The maximum atomic E-state index is 11.4. The number of nitrogens with one attached hydrogen (secondary N) is 1. The Morgan fingerprint density at radius 2 is 2.00 bits per heavy atom. The molecule has 1 amide bonds. The molecule has 1 rings (SSSR count). The van der Waals surface area contributed by atoms with Crippen molar-refractivity contribution in [2.24, 2.45) is 5.73 Å². The zero-order chi connectivity index (χ0) is 12.1. The van der Waals surface area contributed by atoms with E-state index in [9.17, 15) is 4.79 Å². The molecule has 0 aromatic heterocycles. The molecule has 0 fully saturated rings. The maximum absolute atomic E-state index is 11.4. The zero-order valence-electron chi connectivity index (χ0n) is 9.86. The summed E-state index contributed by atoms with van der Waals surface area (Å²) in [5.74, 6) is 0.596. The van der Waals surface area contributed by atoms with Crippen LogP contribution >= 0.6 is 0 Å². The number of rotatable bonds is 4. The van der Waals surface area contributed by atoms with Gasteiger partial charge in [0.2, 0.25) is 5.91 Å². The van der Waals surface area contributed by atoms with E-state index in [1.807, 2.05) is 31.2 Å². The number of nitrogens with two attached hydrogens (primary N) is 1. The van der Waals surface area contributed by atoms with Crippen molar-refractivity contribution in [2.75, 3.05) is 7.11 Å². The molecule has 0 bridgehead atoms. The normalized spacial score (nSPS) is 14.0. The van der Waals surface area contributed by atoms with Crippen molar-refractivity contribution in [3.8, 4) is 5.75 Å². The summed E-state index contributed by atoms with van der Waals surface area (Å²) in [6, 6.07) is 6.97. The lowest BCUT2D eigenvalue weighted by molar-refractivity contribution is -0.122. The van der Waals surface area contributed by atoms with Crippen molar-refractivity contribution in [1.82, 2.24) is 5.32 Å². The van der Waals surface area contributed by atoms with E-state index in [0.29, 0.717) is 0 Å². The Hall–Kier alpha value is -1.55. The molecule has 2 atom stereocenters. The van der Waals surface area contributed by atoms with E-state index in [2.05, 4.69) is 5.32 Å².